The van der Waals surface area contributed by atoms with E-state index in [9.17, 15) is 4.39 Å². The zero-order chi connectivity index (χ0) is 14.2. The Morgan fingerprint density at radius 1 is 1.33 bits per heavy atom. The highest BCUT2D eigenvalue weighted by Gasteiger charge is 2.28. The van der Waals surface area contributed by atoms with Crippen LogP contribution in [-0.2, 0) is 6.67 Å². The maximum absolute atomic E-state index is 12.7. The predicted molar refractivity (Wildman–Crippen MR) is 81.1 cm³/mol. The molecule has 0 aromatic carbocycles. The largest absolute Gasteiger partial charge is 0.366 e. The topological polar surface area (TPSA) is 41.1 Å². The first-order chi connectivity index (χ1) is 10.3. The van der Waals surface area contributed by atoms with E-state index in [4.69, 9.17) is 4.98 Å². The fourth-order valence-corrected chi connectivity index (χ4v) is 3.19. The first-order valence-electron chi connectivity index (χ1n) is 7.37. The van der Waals surface area contributed by atoms with Crippen LogP contribution in [0.15, 0.2) is 30.5 Å². The van der Waals surface area contributed by atoms with E-state index >= 15 is 0 Å². The molecule has 2 aromatic rings. The number of nitrogens with zero attached hydrogens (tertiary/aromatic N) is 3. The van der Waals surface area contributed by atoms with Gasteiger partial charge in [0.2, 0.25) is 0 Å². The first-order valence-corrected chi connectivity index (χ1v) is 7.37. The van der Waals surface area contributed by atoms with E-state index in [0.29, 0.717) is 11.7 Å². The van der Waals surface area contributed by atoms with Crippen molar-refractivity contribution in [1.29, 1.82) is 0 Å². The highest BCUT2D eigenvalue weighted by Crippen LogP contribution is 2.35. The lowest BCUT2D eigenvalue weighted by Crippen LogP contribution is -2.46. The third-order valence-corrected chi connectivity index (χ3v) is 4.23. The molecule has 2 aromatic heterocycles. The molecule has 2 bridgehead atoms. The molecule has 1 fully saturated rings. The highest BCUT2D eigenvalue weighted by atomic mass is 19.1. The number of aromatic nitrogens is 2. The minimum Gasteiger partial charge on any atom is -0.366 e. The summed E-state index contributed by atoms with van der Waals surface area (Å²) in [6, 6.07) is 8.25. The van der Waals surface area contributed by atoms with E-state index in [1.165, 1.54) is 18.5 Å². The second kappa shape index (κ2) is 4.98. The molecule has 0 saturated carbocycles. The molecule has 4 nitrogen and oxygen atoms in total. The molecule has 1 N–H and O–H groups in total. The minimum absolute atomic E-state index is 0.445. The lowest BCUT2D eigenvalue weighted by atomic mass is 10.0. The fourth-order valence-electron chi connectivity index (χ4n) is 3.19. The lowest BCUT2D eigenvalue weighted by molar-refractivity contribution is 0.476. The van der Waals surface area contributed by atoms with Gasteiger partial charge < -0.3 is 10.2 Å². The van der Waals surface area contributed by atoms with Gasteiger partial charge >= 0.3 is 0 Å². The molecule has 0 aliphatic carbocycles. The van der Waals surface area contributed by atoms with Crippen molar-refractivity contribution in [3.63, 3.8) is 0 Å². The molecule has 1 saturated heterocycles. The zero-order valence-electron chi connectivity index (χ0n) is 11.7. The van der Waals surface area contributed by atoms with E-state index < -0.39 is 6.67 Å². The molecule has 4 rings (SSSR count). The maximum atomic E-state index is 12.7. The van der Waals surface area contributed by atoms with Gasteiger partial charge in [-0.2, -0.15) is 0 Å². The monoisotopic (exact) mass is 284 g/mol. The molecular weight excluding hydrogens is 267 g/mol. The lowest BCUT2D eigenvalue weighted by Gasteiger charge is -2.40. The molecule has 5 heteroatoms. The van der Waals surface area contributed by atoms with Gasteiger partial charge in [0.1, 0.15) is 6.67 Å². The van der Waals surface area contributed by atoms with Crippen LogP contribution < -0.4 is 10.2 Å². The third kappa shape index (κ3) is 2.22. The second-order valence-corrected chi connectivity index (χ2v) is 5.66. The van der Waals surface area contributed by atoms with Gasteiger partial charge in [0, 0.05) is 30.9 Å². The van der Waals surface area contributed by atoms with Crippen LogP contribution in [0.1, 0.15) is 18.5 Å². The van der Waals surface area contributed by atoms with Gasteiger partial charge in [-0.25, -0.2) is 9.37 Å². The summed E-state index contributed by atoms with van der Waals surface area (Å²) in [5, 5.41) is 3.52. The molecule has 0 amide bonds. The van der Waals surface area contributed by atoms with Crippen molar-refractivity contribution in [3.05, 3.63) is 36.2 Å². The summed E-state index contributed by atoms with van der Waals surface area (Å²) in [5.74, 6) is 0.946. The van der Waals surface area contributed by atoms with Crippen LogP contribution >= 0.6 is 0 Å². The van der Waals surface area contributed by atoms with Crippen LogP contribution in [0.5, 0.6) is 0 Å². The summed E-state index contributed by atoms with van der Waals surface area (Å²) < 4.78 is 12.7. The van der Waals surface area contributed by atoms with Crippen LogP contribution in [0.3, 0.4) is 0 Å². The number of pyridine rings is 2. The normalized spacial score (nSPS) is 19.9. The quantitative estimate of drug-likeness (QED) is 0.920. The Kier molecular flexibility index (Phi) is 2.98. The summed E-state index contributed by atoms with van der Waals surface area (Å²) in [7, 11) is 0. The van der Waals surface area contributed by atoms with Gasteiger partial charge in [-0.1, -0.05) is 0 Å². The van der Waals surface area contributed by atoms with E-state index in [2.05, 4.69) is 21.3 Å². The van der Waals surface area contributed by atoms with Crippen molar-refractivity contribution < 1.29 is 4.39 Å². The van der Waals surface area contributed by atoms with Crippen molar-refractivity contribution in [2.24, 2.45) is 0 Å². The number of hydrogen-bond acceptors (Lipinski definition) is 4. The van der Waals surface area contributed by atoms with Gasteiger partial charge in [-0.3, -0.25) is 4.98 Å². The molecule has 1 atom stereocenters. The van der Waals surface area contributed by atoms with E-state index in [1.54, 1.807) is 12.3 Å². The van der Waals surface area contributed by atoms with E-state index in [-0.39, 0.29) is 0 Å². The Hall–Kier alpha value is -2.17. The molecule has 4 heterocycles. The summed E-state index contributed by atoms with van der Waals surface area (Å²) in [6.45, 7) is 1.62. The highest BCUT2D eigenvalue weighted by molar-refractivity contribution is 5.74. The molecule has 108 valence electrons. The molecule has 2 aliphatic rings. The number of fused-ring (bicyclic) bond motifs is 4. The Balaban J connectivity index is 1.73. The first kappa shape index (κ1) is 12.6. The molecule has 0 unspecified atom stereocenters. The van der Waals surface area contributed by atoms with Gasteiger partial charge in [-0.05, 0) is 37.1 Å². The van der Waals surface area contributed by atoms with Crippen molar-refractivity contribution in [3.8, 4) is 11.3 Å². The van der Waals surface area contributed by atoms with Crippen LogP contribution in [0.4, 0.5) is 15.9 Å². The van der Waals surface area contributed by atoms with Crippen LogP contribution in [0, 0.1) is 0 Å². The van der Waals surface area contributed by atoms with Gasteiger partial charge in [0.15, 0.2) is 5.82 Å². The number of halogens is 1. The van der Waals surface area contributed by atoms with E-state index in [0.717, 1.165) is 30.2 Å². The Morgan fingerprint density at radius 2 is 2.29 bits per heavy atom. The molecule has 2 aliphatic heterocycles. The number of piperidine rings is 1. The summed E-state index contributed by atoms with van der Waals surface area (Å²) in [4.78, 5) is 11.1. The van der Waals surface area contributed by atoms with Crippen molar-refractivity contribution in [2.75, 3.05) is 23.3 Å². The number of nitrogens with one attached hydrogen (secondary N) is 1. The molecule has 0 radical (unpaired) electrons. The fraction of sp³-hybridized carbons (Fsp3) is 0.375. The van der Waals surface area contributed by atoms with Crippen molar-refractivity contribution in [1.82, 2.24) is 9.97 Å². The summed E-state index contributed by atoms with van der Waals surface area (Å²) >= 11 is 0. The van der Waals surface area contributed by atoms with Crippen LogP contribution in [0.2, 0.25) is 0 Å². The standard InChI is InChI=1S/C16H17FN4/c17-9-13-8-11(5-6-18-13)14-3-4-15-16(20-14)19-12-2-1-7-21(15)10-12/h3-6,8,12H,1-2,7,9-10H2,(H,19,20)/t12-/m0/s1. The zero-order valence-corrected chi connectivity index (χ0v) is 11.7. The SMILES string of the molecule is FCc1cc(-c2ccc3c(n2)N[C@H]2CCCN3C2)ccn1. The minimum atomic E-state index is -0.549. The van der Waals surface area contributed by atoms with Crippen molar-refractivity contribution >= 4 is 11.5 Å². The van der Waals surface area contributed by atoms with Gasteiger partial charge in [0.05, 0.1) is 17.1 Å². The number of hydrogen-bond donors (Lipinski definition) is 1. The van der Waals surface area contributed by atoms with E-state index in [1.807, 2.05) is 12.1 Å². The second-order valence-electron chi connectivity index (χ2n) is 5.66. The number of alkyl halides is 1. The van der Waals surface area contributed by atoms with Crippen molar-refractivity contribution in [2.45, 2.75) is 25.6 Å². The Bertz CT molecular complexity index is 673. The average Bonchev–Trinajstić information content (AvgIpc) is 2.54. The molecular formula is C16H17FN4. The van der Waals surface area contributed by atoms with Gasteiger partial charge in [-0.15, -0.1) is 0 Å². The Morgan fingerprint density at radius 3 is 3.19 bits per heavy atom. The summed E-state index contributed by atoms with van der Waals surface area (Å²) in [5.41, 5.74) is 3.39. The smallest absolute Gasteiger partial charge is 0.150 e. The van der Waals surface area contributed by atoms with Crippen LogP contribution in [-0.4, -0.2) is 29.1 Å². The number of rotatable bonds is 2. The summed E-state index contributed by atoms with van der Waals surface area (Å²) in [6.07, 6.45) is 4.06. The predicted octanol–water partition coefficient (Wildman–Crippen LogP) is 3.01. The number of anilines is 2. The molecule has 21 heavy (non-hydrogen) atoms. The van der Waals surface area contributed by atoms with Gasteiger partial charge in [0.25, 0.3) is 0 Å². The third-order valence-electron chi connectivity index (χ3n) is 4.23. The van der Waals surface area contributed by atoms with Crippen LogP contribution in [0.25, 0.3) is 11.3 Å². The molecule has 0 spiro atoms. The average molecular weight is 284 g/mol. The maximum Gasteiger partial charge on any atom is 0.150 e. The Labute approximate surface area is 123 Å².